The molecule has 1 aromatic rings. The molecule has 0 radical (unpaired) electrons. The molecule has 1 N–H and O–H groups in total. The van der Waals surface area contributed by atoms with E-state index in [9.17, 15) is 0 Å². The van der Waals surface area contributed by atoms with Crippen LogP contribution >= 0.6 is 23.2 Å². The molecule has 5 heteroatoms. The predicted molar refractivity (Wildman–Crippen MR) is 80.9 cm³/mol. The summed E-state index contributed by atoms with van der Waals surface area (Å²) >= 11 is 12.7. The van der Waals surface area contributed by atoms with E-state index in [4.69, 9.17) is 23.2 Å². The second-order valence-electron chi connectivity index (χ2n) is 6.07. The zero-order chi connectivity index (χ0) is 14.0. The van der Waals surface area contributed by atoms with Gasteiger partial charge in [0.25, 0.3) is 0 Å². The van der Waals surface area contributed by atoms with Crippen LogP contribution in [0.5, 0.6) is 0 Å². The zero-order valence-electron chi connectivity index (χ0n) is 11.7. The Morgan fingerprint density at radius 3 is 2.16 bits per heavy atom. The van der Waals surface area contributed by atoms with Crippen LogP contribution in [0.25, 0.3) is 0 Å². The molecule has 3 nitrogen and oxygen atoms in total. The van der Waals surface area contributed by atoms with Crippen molar-refractivity contribution >= 4 is 23.2 Å². The van der Waals surface area contributed by atoms with Gasteiger partial charge in [-0.1, -0.05) is 44.0 Å². The molecule has 1 fully saturated rings. The number of aromatic nitrogens is 1. The highest BCUT2D eigenvalue weighted by molar-refractivity contribution is 6.35. The molecule has 1 aromatic heterocycles. The van der Waals surface area contributed by atoms with E-state index in [-0.39, 0.29) is 11.5 Å². The molecule has 1 atom stereocenters. The Hall–Kier alpha value is -0.350. The van der Waals surface area contributed by atoms with E-state index in [1.165, 1.54) is 0 Å². The molecule has 1 aliphatic heterocycles. The summed E-state index contributed by atoms with van der Waals surface area (Å²) in [4.78, 5) is 6.52. The molecule has 1 saturated heterocycles. The lowest BCUT2D eigenvalue weighted by Gasteiger charge is -2.43. The summed E-state index contributed by atoms with van der Waals surface area (Å²) < 4.78 is 0. The lowest BCUT2D eigenvalue weighted by Crippen LogP contribution is -2.48. The lowest BCUT2D eigenvalue weighted by atomic mass is 9.81. The quantitative estimate of drug-likeness (QED) is 0.908. The first-order valence-electron chi connectivity index (χ1n) is 6.65. The van der Waals surface area contributed by atoms with Gasteiger partial charge in [-0.15, -0.1) is 0 Å². The van der Waals surface area contributed by atoms with Crippen molar-refractivity contribution in [1.82, 2.24) is 15.2 Å². The van der Waals surface area contributed by atoms with E-state index in [1.807, 2.05) is 0 Å². The molecule has 0 amide bonds. The third kappa shape index (κ3) is 3.40. The van der Waals surface area contributed by atoms with Crippen molar-refractivity contribution in [3.05, 3.63) is 28.0 Å². The van der Waals surface area contributed by atoms with Crippen LogP contribution in [0.2, 0.25) is 10.0 Å². The first-order valence-corrected chi connectivity index (χ1v) is 7.40. The van der Waals surface area contributed by atoms with E-state index < -0.39 is 0 Å². The Balaban J connectivity index is 2.43. The monoisotopic (exact) mass is 301 g/mol. The maximum absolute atomic E-state index is 6.36. The minimum Gasteiger partial charge on any atom is -0.314 e. The van der Waals surface area contributed by atoms with Crippen LogP contribution in [0.3, 0.4) is 0 Å². The zero-order valence-corrected chi connectivity index (χ0v) is 13.2. The molecule has 0 bridgehead atoms. The largest absolute Gasteiger partial charge is 0.314 e. The van der Waals surface area contributed by atoms with E-state index in [1.54, 1.807) is 12.4 Å². The molecule has 2 heterocycles. The summed E-state index contributed by atoms with van der Waals surface area (Å²) in [6, 6.07) is 0.206. The number of hydrogen-bond acceptors (Lipinski definition) is 3. The van der Waals surface area contributed by atoms with Gasteiger partial charge in [0.1, 0.15) is 0 Å². The van der Waals surface area contributed by atoms with Crippen molar-refractivity contribution in [3.8, 4) is 0 Å². The Labute approximate surface area is 125 Å². The number of nitrogens with one attached hydrogen (secondary N) is 1. The molecular weight excluding hydrogens is 281 g/mol. The van der Waals surface area contributed by atoms with Gasteiger partial charge in [0.15, 0.2) is 0 Å². The fourth-order valence-electron chi connectivity index (χ4n) is 2.79. The Kier molecular flexibility index (Phi) is 4.72. The van der Waals surface area contributed by atoms with Crippen LogP contribution in [0, 0.1) is 5.41 Å². The minimum atomic E-state index is 0.0615. The number of piperazine rings is 1. The standard InChI is InChI=1S/C14H21Cl2N3/c1-14(2,3)13(19-6-4-17-5-7-19)12-10(15)8-18-9-11(12)16/h8-9,13,17H,4-7H2,1-3H3/t13-/m0/s1. The van der Waals surface area contributed by atoms with Gasteiger partial charge in [0.05, 0.1) is 10.0 Å². The maximum atomic E-state index is 6.36. The first-order chi connectivity index (χ1) is 8.91. The molecule has 1 aliphatic rings. The van der Waals surface area contributed by atoms with Crippen LogP contribution in [0.15, 0.2) is 12.4 Å². The Morgan fingerprint density at radius 1 is 1.16 bits per heavy atom. The summed E-state index contributed by atoms with van der Waals surface area (Å²) in [7, 11) is 0. The Morgan fingerprint density at radius 2 is 1.68 bits per heavy atom. The molecular formula is C14H21Cl2N3. The van der Waals surface area contributed by atoms with Crippen LogP contribution in [-0.2, 0) is 0 Å². The average molecular weight is 302 g/mol. The molecule has 0 aromatic carbocycles. The highest BCUT2D eigenvalue weighted by atomic mass is 35.5. The predicted octanol–water partition coefficient (Wildman–Crippen LogP) is 3.38. The fraction of sp³-hybridized carbons (Fsp3) is 0.643. The smallest absolute Gasteiger partial charge is 0.0652 e. The second-order valence-corrected chi connectivity index (χ2v) is 6.89. The molecule has 2 rings (SSSR count). The van der Waals surface area contributed by atoms with E-state index in [0.29, 0.717) is 10.0 Å². The SMILES string of the molecule is CC(C)(C)[C@H](c1c(Cl)cncc1Cl)N1CCNCC1. The van der Waals surface area contributed by atoms with Crippen molar-refractivity contribution in [3.63, 3.8) is 0 Å². The third-order valence-electron chi connectivity index (χ3n) is 3.50. The number of halogens is 2. The number of rotatable bonds is 2. The fourth-order valence-corrected chi connectivity index (χ4v) is 3.36. The number of pyridine rings is 1. The molecule has 0 saturated carbocycles. The minimum absolute atomic E-state index is 0.0615. The van der Waals surface area contributed by atoms with Crippen LogP contribution in [0.1, 0.15) is 32.4 Å². The van der Waals surface area contributed by atoms with Crippen molar-refractivity contribution in [2.45, 2.75) is 26.8 Å². The molecule has 0 spiro atoms. The molecule has 106 valence electrons. The van der Waals surface area contributed by atoms with Gasteiger partial charge in [0, 0.05) is 50.2 Å². The number of hydrogen-bond donors (Lipinski definition) is 1. The third-order valence-corrected chi connectivity index (χ3v) is 4.10. The first kappa shape index (κ1) is 15.0. The van der Waals surface area contributed by atoms with Crippen molar-refractivity contribution in [1.29, 1.82) is 0 Å². The maximum Gasteiger partial charge on any atom is 0.0652 e. The van der Waals surface area contributed by atoms with Crippen LogP contribution in [-0.4, -0.2) is 36.1 Å². The average Bonchev–Trinajstić information content (AvgIpc) is 2.33. The number of nitrogens with zero attached hydrogens (tertiary/aromatic N) is 2. The summed E-state index contributed by atoms with van der Waals surface area (Å²) in [5, 5.41) is 4.70. The van der Waals surface area contributed by atoms with Gasteiger partial charge >= 0.3 is 0 Å². The lowest BCUT2D eigenvalue weighted by molar-refractivity contribution is 0.0863. The van der Waals surface area contributed by atoms with Gasteiger partial charge in [-0.2, -0.15) is 0 Å². The molecule has 0 aliphatic carbocycles. The van der Waals surface area contributed by atoms with Crippen LogP contribution < -0.4 is 5.32 Å². The van der Waals surface area contributed by atoms with Crippen molar-refractivity contribution < 1.29 is 0 Å². The topological polar surface area (TPSA) is 28.2 Å². The van der Waals surface area contributed by atoms with Gasteiger partial charge in [-0.25, -0.2) is 0 Å². The summed E-state index contributed by atoms with van der Waals surface area (Å²) in [6.45, 7) is 10.7. The van der Waals surface area contributed by atoms with Gasteiger partial charge in [-0.05, 0) is 5.41 Å². The van der Waals surface area contributed by atoms with Crippen LogP contribution in [0.4, 0.5) is 0 Å². The van der Waals surface area contributed by atoms with Gasteiger partial charge in [0.2, 0.25) is 0 Å². The summed E-state index contributed by atoms with van der Waals surface area (Å²) in [6.07, 6.45) is 3.37. The summed E-state index contributed by atoms with van der Waals surface area (Å²) in [5.74, 6) is 0. The van der Waals surface area contributed by atoms with Gasteiger partial charge in [-0.3, -0.25) is 9.88 Å². The van der Waals surface area contributed by atoms with E-state index in [0.717, 1.165) is 31.7 Å². The molecule has 19 heavy (non-hydrogen) atoms. The van der Waals surface area contributed by atoms with E-state index in [2.05, 4.69) is 36.0 Å². The molecule has 0 unspecified atom stereocenters. The normalized spacial score (nSPS) is 19.4. The summed E-state index contributed by atoms with van der Waals surface area (Å²) in [5.41, 5.74) is 1.07. The van der Waals surface area contributed by atoms with Crippen molar-refractivity contribution in [2.75, 3.05) is 26.2 Å². The highest BCUT2D eigenvalue weighted by Gasteiger charge is 2.35. The van der Waals surface area contributed by atoms with E-state index >= 15 is 0 Å². The second kappa shape index (κ2) is 5.96. The highest BCUT2D eigenvalue weighted by Crippen LogP contribution is 2.43. The van der Waals surface area contributed by atoms with Crippen molar-refractivity contribution in [2.24, 2.45) is 5.41 Å². The van der Waals surface area contributed by atoms with Gasteiger partial charge < -0.3 is 5.32 Å². The Bertz CT molecular complexity index is 417.